The molecule has 0 saturated carbocycles. The minimum absolute atomic E-state index is 0.656. The van der Waals surface area contributed by atoms with Crippen LogP contribution in [0.2, 0.25) is 0 Å². The van der Waals surface area contributed by atoms with Crippen molar-refractivity contribution in [2.24, 2.45) is 0 Å². The molecule has 1 rings (SSSR count). The molecule has 0 unspecified atom stereocenters. The number of hydrogen-bond acceptors (Lipinski definition) is 4. The number of ether oxygens (including phenoxy) is 2. The monoisotopic (exact) mass is 262 g/mol. The Morgan fingerprint density at radius 1 is 1.32 bits per heavy atom. The van der Waals surface area contributed by atoms with Gasteiger partial charge in [0, 0.05) is 25.3 Å². The summed E-state index contributed by atoms with van der Waals surface area (Å²) in [6.45, 7) is 5.32. The fraction of sp³-hybridized carbons (Fsp3) is 0.533. The van der Waals surface area contributed by atoms with Gasteiger partial charge in [-0.25, -0.2) is 0 Å². The number of nitrogens with zero attached hydrogens (tertiary/aromatic N) is 1. The minimum Gasteiger partial charge on any atom is -0.496 e. The van der Waals surface area contributed by atoms with Crippen molar-refractivity contribution in [2.45, 2.75) is 26.3 Å². The summed E-state index contributed by atoms with van der Waals surface area (Å²) in [5.74, 6) is 0.814. The normalized spacial score (nSPS) is 10.2. The molecule has 4 nitrogen and oxygen atoms in total. The van der Waals surface area contributed by atoms with Crippen LogP contribution in [0.25, 0.3) is 0 Å². The molecule has 0 radical (unpaired) electrons. The second-order valence-corrected chi connectivity index (χ2v) is 4.28. The largest absolute Gasteiger partial charge is 0.496 e. The number of nitriles is 1. The molecule has 0 fully saturated rings. The molecule has 0 aliphatic heterocycles. The summed E-state index contributed by atoms with van der Waals surface area (Å²) < 4.78 is 10.7. The van der Waals surface area contributed by atoms with Gasteiger partial charge in [0.2, 0.25) is 0 Å². The lowest BCUT2D eigenvalue weighted by molar-refractivity contribution is 0.132. The fourth-order valence-electron chi connectivity index (χ4n) is 1.75. The van der Waals surface area contributed by atoms with Gasteiger partial charge in [-0.3, -0.25) is 0 Å². The Morgan fingerprint density at radius 3 is 2.84 bits per heavy atom. The Bertz CT molecular complexity index is 413. The number of nitrogens with one attached hydrogen (secondary N) is 1. The quantitative estimate of drug-likeness (QED) is 0.695. The maximum atomic E-state index is 8.89. The third-order valence-corrected chi connectivity index (χ3v) is 2.72. The van der Waals surface area contributed by atoms with E-state index in [9.17, 15) is 0 Å². The van der Waals surface area contributed by atoms with Crippen molar-refractivity contribution in [3.63, 3.8) is 0 Å². The van der Waals surface area contributed by atoms with Crippen LogP contribution in [0.3, 0.4) is 0 Å². The van der Waals surface area contributed by atoms with Gasteiger partial charge in [-0.1, -0.05) is 6.92 Å². The summed E-state index contributed by atoms with van der Waals surface area (Å²) in [7, 11) is 1.64. The van der Waals surface area contributed by atoms with Crippen LogP contribution in [0.5, 0.6) is 5.75 Å². The predicted octanol–water partition coefficient (Wildman–Crippen LogP) is 2.47. The summed E-state index contributed by atoms with van der Waals surface area (Å²) in [6.07, 6.45) is 2.05. The predicted molar refractivity (Wildman–Crippen MR) is 75.1 cm³/mol. The second kappa shape index (κ2) is 9.37. The van der Waals surface area contributed by atoms with Crippen molar-refractivity contribution < 1.29 is 9.47 Å². The maximum absolute atomic E-state index is 8.89. The standard InChI is InChI=1S/C15H22N2O2/c1-3-8-19-9-4-7-17-12-14-10-13(11-16)5-6-15(14)18-2/h5-6,10,17H,3-4,7-9,12H2,1-2H3. The summed E-state index contributed by atoms with van der Waals surface area (Å²) in [6, 6.07) is 7.60. The molecule has 1 aromatic carbocycles. The lowest BCUT2D eigenvalue weighted by Crippen LogP contribution is -2.17. The van der Waals surface area contributed by atoms with Crippen LogP contribution in [0.4, 0.5) is 0 Å². The number of rotatable bonds is 9. The zero-order chi connectivity index (χ0) is 13.9. The molecule has 0 aliphatic carbocycles. The van der Waals surface area contributed by atoms with Crippen molar-refractivity contribution in [3.05, 3.63) is 29.3 Å². The van der Waals surface area contributed by atoms with Gasteiger partial charge in [0.25, 0.3) is 0 Å². The molecule has 0 spiro atoms. The molecule has 0 heterocycles. The van der Waals surface area contributed by atoms with E-state index in [-0.39, 0.29) is 0 Å². The first-order chi connectivity index (χ1) is 9.31. The number of benzene rings is 1. The number of hydrogen-bond donors (Lipinski definition) is 1. The van der Waals surface area contributed by atoms with Crippen molar-refractivity contribution in [2.75, 3.05) is 26.9 Å². The van der Waals surface area contributed by atoms with Gasteiger partial charge < -0.3 is 14.8 Å². The Balaban J connectivity index is 2.34. The van der Waals surface area contributed by atoms with Crippen LogP contribution in [0, 0.1) is 11.3 Å². The van der Waals surface area contributed by atoms with E-state index in [0.717, 1.165) is 43.9 Å². The zero-order valence-electron chi connectivity index (χ0n) is 11.7. The van der Waals surface area contributed by atoms with Crippen LogP contribution >= 0.6 is 0 Å². The van der Waals surface area contributed by atoms with Crippen LogP contribution in [0.15, 0.2) is 18.2 Å². The van der Waals surface area contributed by atoms with Crippen molar-refractivity contribution >= 4 is 0 Å². The Labute approximate surface area is 115 Å². The van der Waals surface area contributed by atoms with Crippen LogP contribution < -0.4 is 10.1 Å². The molecule has 19 heavy (non-hydrogen) atoms. The topological polar surface area (TPSA) is 54.3 Å². The molecule has 0 aromatic heterocycles. The lowest BCUT2D eigenvalue weighted by Gasteiger charge is -2.10. The van der Waals surface area contributed by atoms with E-state index < -0.39 is 0 Å². The van der Waals surface area contributed by atoms with Gasteiger partial charge in [-0.05, 0) is 37.6 Å². The first-order valence-electron chi connectivity index (χ1n) is 6.67. The molecule has 1 aromatic rings. The average molecular weight is 262 g/mol. The third kappa shape index (κ3) is 5.73. The fourth-order valence-corrected chi connectivity index (χ4v) is 1.75. The maximum Gasteiger partial charge on any atom is 0.123 e. The first kappa shape index (κ1) is 15.5. The third-order valence-electron chi connectivity index (χ3n) is 2.72. The van der Waals surface area contributed by atoms with Crippen molar-refractivity contribution in [1.29, 1.82) is 5.26 Å². The molecule has 4 heteroatoms. The highest BCUT2D eigenvalue weighted by molar-refractivity contribution is 5.41. The summed E-state index contributed by atoms with van der Waals surface area (Å²) in [4.78, 5) is 0. The highest BCUT2D eigenvalue weighted by Gasteiger charge is 2.03. The molecular weight excluding hydrogens is 240 g/mol. The van der Waals surface area contributed by atoms with Gasteiger partial charge >= 0.3 is 0 Å². The van der Waals surface area contributed by atoms with Crippen molar-refractivity contribution in [3.8, 4) is 11.8 Å². The minimum atomic E-state index is 0.656. The number of methoxy groups -OCH3 is 1. The van der Waals surface area contributed by atoms with E-state index in [4.69, 9.17) is 14.7 Å². The zero-order valence-corrected chi connectivity index (χ0v) is 11.7. The Morgan fingerprint density at radius 2 is 2.16 bits per heavy atom. The van der Waals surface area contributed by atoms with Crippen LogP contribution in [-0.2, 0) is 11.3 Å². The molecule has 0 amide bonds. The first-order valence-corrected chi connectivity index (χ1v) is 6.67. The van der Waals surface area contributed by atoms with Gasteiger partial charge in [0.1, 0.15) is 5.75 Å². The molecule has 0 bridgehead atoms. The van der Waals surface area contributed by atoms with E-state index in [1.54, 1.807) is 13.2 Å². The van der Waals surface area contributed by atoms with Crippen LogP contribution in [0.1, 0.15) is 30.9 Å². The molecule has 0 aliphatic rings. The van der Waals surface area contributed by atoms with E-state index in [1.165, 1.54) is 0 Å². The van der Waals surface area contributed by atoms with Crippen molar-refractivity contribution in [1.82, 2.24) is 5.32 Å². The highest BCUT2D eigenvalue weighted by atomic mass is 16.5. The second-order valence-electron chi connectivity index (χ2n) is 4.28. The SMILES string of the molecule is CCCOCCCNCc1cc(C#N)ccc1OC. The van der Waals surface area contributed by atoms with Gasteiger partial charge in [-0.15, -0.1) is 0 Å². The Hall–Kier alpha value is -1.57. The molecule has 104 valence electrons. The summed E-state index contributed by atoms with van der Waals surface area (Å²) in [5, 5.41) is 12.2. The van der Waals surface area contributed by atoms with Crippen LogP contribution in [-0.4, -0.2) is 26.9 Å². The summed E-state index contributed by atoms with van der Waals surface area (Å²) >= 11 is 0. The van der Waals surface area contributed by atoms with E-state index in [0.29, 0.717) is 12.1 Å². The lowest BCUT2D eigenvalue weighted by atomic mass is 10.1. The smallest absolute Gasteiger partial charge is 0.123 e. The summed E-state index contributed by atoms with van der Waals surface area (Å²) in [5.41, 5.74) is 1.67. The van der Waals surface area contributed by atoms with E-state index in [2.05, 4.69) is 18.3 Å². The van der Waals surface area contributed by atoms with E-state index in [1.807, 2.05) is 12.1 Å². The molecule has 0 atom stereocenters. The highest BCUT2D eigenvalue weighted by Crippen LogP contribution is 2.19. The van der Waals surface area contributed by atoms with Gasteiger partial charge in [0.05, 0.1) is 18.7 Å². The average Bonchev–Trinajstić information content (AvgIpc) is 2.46. The Kier molecular flexibility index (Phi) is 7.64. The molecule has 0 saturated heterocycles. The van der Waals surface area contributed by atoms with E-state index >= 15 is 0 Å². The van der Waals surface area contributed by atoms with Gasteiger partial charge in [-0.2, -0.15) is 5.26 Å². The molecular formula is C15H22N2O2. The van der Waals surface area contributed by atoms with Gasteiger partial charge in [0.15, 0.2) is 0 Å². The molecule has 1 N–H and O–H groups in total.